The zero-order chi connectivity index (χ0) is 17.1. The molecule has 2 N–H and O–H groups in total. The van der Waals surface area contributed by atoms with Crippen LogP contribution in [0.2, 0.25) is 0 Å². The molecule has 1 aliphatic rings. The molecule has 1 saturated carbocycles. The standard InChI is InChI=1S/C17H17FN2O4/c18-12-5-1-10(2-6-12)15-14(19-9-24-15)16(21)20-13-7-3-11(4-8-13)17(22)23/h1-2,5-6,9,11,13H,3-4,7-8H2,(H,20,21)(H,22,23). The van der Waals surface area contributed by atoms with Crippen molar-refractivity contribution in [2.24, 2.45) is 5.92 Å². The summed E-state index contributed by atoms with van der Waals surface area (Å²) in [6.07, 6.45) is 3.50. The first-order chi connectivity index (χ1) is 11.5. The number of aliphatic carboxylic acids is 1. The summed E-state index contributed by atoms with van der Waals surface area (Å²) in [5.74, 6) is -1.58. The van der Waals surface area contributed by atoms with Crippen molar-refractivity contribution in [1.82, 2.24) is 10.3 Å². The molecule has 0 aliphatic heterocycles. The Morgan fingerprint density at radius 3 is 2.46 bits per heavy atom. The summed E-state index contributed by atoms with van der Waals surface area (Å²) in [5.41, 5.74) is 0.704. The number of hydrogen-bond acceptors (Lipinski definition) is 4. The van der Waals surface area contributed by atoms with Gasteiger partial charge in [-0.25, -0.2) is 9.37 Å². The Morgan fingerprint density at radius 1 is 1.17 bits per heavy atom. The van der Waals surface area contributed by atoms with Crippen LogP contribution in [-0.4, -0.2) is 28.0 Å². The fourth-order valence-corrected chi connectivity index (χ4v) is 2.95. The summed E-state index contributed by atoms with van der Waals surface area (Å²) in [4.78, 5) is 27.3. The van der Waals surface area contributed by atoms with Crippen LogP contribution in [0.25, 0.3) is 11.3 Å². The largest absolute Gasteiger partial charge is 0.481 e. The molecule has 0 bridgehead atoms. The van der Waals surface area contributed by atoms with E-state index in [1.165, 1.54) is 30.7 Å². The van der Waals surface area contributed by atoms with Gasteiger partial charge < -0.3 is 14.8 Å². The van der Waals surface area contributed by atoms with Gasteiger partial charge in [-0.1, -0.05) is 0 Å². The number of aromatic nitrogens is 1. The van der Waals surface area contributed by atoms with Crippen molar-refractivity contribution >= 4 is 11.9 Å². The Morgan fingerprint density at radius 2 is 1.83 bits per heavy atom. The fraction of sp³-hybridized carbons (Fsp3) is 0.353. The number of rotatable bonds is 4. The third kappa shape index (κ3) is 3.45. The van der Waals surface area contributed by atoms with E-state index in [0.29, 0.717) is 31.2 Å². The van der Waals surface area contributed by atoms with Crippen molar-refractivity contribution in [3.8, 4) is 11.3 Å². The monoisotopic (exact) mass is 332 g/mol. The van der Waals surface area contributed by atoms with Crippen LogP contribution in [0.3, 0.4) is 0 Å². The topological polar surface area (TPSA) is 92.4 Å². The quantitative estimate of drug-likeness (QED) is 0.898. The molecule has 0 spiro atoms. The maximum absolute atomic E-state index is 13.0. The SMILES string of the molecule is O=C(NC1CCC(C(=O)O)CC1)c1ncoc1-c1ccc(F)cc1. The molecule has 1 fully saturated rings. The number of carbonyl (C=O) groups is 2. The fourth-order valence-electron chi connectivity index (χ4n) is 2.95. The van der Waals surface area contributed by atoms with E-state index in [1.807, 2.05) is 0 Å². The molecule has 1 amide bonds. The Labute approximate surface area is 137 Å². The lowest BCUT2D eigenvalue weighted by molar-refractivity contribution is -0.142. The van der Waals surface area contributed by atoms with E-state index in [9.17, 15) is 14.0 Å². The van der Waals surface area contributed by atoms with Gasteiger partial charge in [-0.3, -0.25) is 9.59 Å². The zero-order valence-corrected chi connectivity index (χ0v) is 12.9. The van der Waals surface area contributed by atoms with Crippen LogP contribution in [0.5, 0.6) is 0 Å². The van der Waals surface area contributed by atoms with Crippen LogP contribution in [0.1, 0.15) is 36.2 Å². The minimum atomic E-state index is -0.783. The van der Waals surface area contributed by atoms with E-state index in [1.54, 1.807) is 0 Å². The summed E-state index contributed by atoms with van der Waals surface area (Å²) in [5, 5.41) is 11.9. The van der Waals surface area contributed by atoms with Crippen LogP contribution in [0.15, 0.2) is 35.1 Å². The van der Waals surface area contributed by atoms with E-state index < -0.39 is 5.97 Å². The normalized spacial score (nSPS) is 20.5. The molecule has 1 aromatic carbocycles. The molecule has 6 nitrogen and oxygen atoms in total. The number of carboxylic acid groups (broad SMARTS) is 1. The zero-order valence-electron chi connectivity index (χ0n) is 12.9. The van der Waals surface area contributed by atoms with Gasteiger partial charge in [0, 0.05) is 11.6 Å². The average molecular weight is 332 g/mol. The van der Waals surface area contributed by atoms with Crippen molar-refractivity contribution in [3.05, 3.63) is 42.2 Å². The number of carbonyl (C=O) groups excluding carboxylic acids is 1. The van der Waals surface area contributed by atoms with Crippen LogP contribution < -0.4 is 5.32 Å². The molecule has 0 atom stereocenters. The second-order valence-corrected chi connectivity index (χ2v) is 5.90. The molecule has 7 heteroatoms. The van der Waals surface area contributed by atoms with Gasteiger partial charge in [0.1, 0.15) is 5.82 Å². The summed E-state index contributed by atoms with van der Waals surface area (Å²) < 4.78 is 18.3. The van der Waals surface area contributed by atoms with Crippen LogP contribution in [0.4, 0.5) is 4.39 Å². The van der Waals surface area contributed by atoms with E-state index in [2.05, 4.69) is 10.3 Å². The van der Waals surface area contributed by atoms with Gasteiger partial charge in [0.2, 0.25) is 0 Å². The molecule has 0 unspecified atom stereocenters. The van der Waals surface area contributed by atoms with E-state index >= 15 is 0 Å². The number of benzene rings is 1. The van der Waals surface area contributed by atoms with Crippen LogP contribution in [0, 0.1) is 11.7 Å². The minimum Gasteiger partial charge on any atom is -0.481 e. The van der Waals surface area contributed by atoms with Gasteiger partial charge in [-0.05, 0) is 49.9 Å². The third-order valence-corrected chi connectivity index (χ3v) is 4.30. The van der Waals surface area contributed by atoms with E-state index in [-0.39, 0.29) is 35.1 Å². The van der Waals surface area contributed by atoms with E-state index in [4.69, 9.17) is 9.52 Å². The van der Waals surface area contributed by atoms with Gasteiger partial charge in [0.15, 0.2) is 17.8 Å². The minimum absolute atomic E-state index is 0.0779. The Kier molecular flexibility index (Phi) is 4.59. The van der Waals surface area contributed by atoms with Crippen molar-refractivity contribution < 1.29 is 23.5 Å². The maximum atomic E-state index is 13.0. The lowest BCUT2D eigenvalue weighted by Gasteiger charge is -2.26. The molecule has 1 aromatic heterocycles. The highest BCUT2D eigenvalue weighted by Gasteiger charge is 2.28. The maximum Gasteiger partial charge on any atom is 0.306 e. The summed E-state index contributed by atoms with van der Waals surface area (Å²) >= 11 is 0. The van der Waals surface area contributed by atoms with Crippen molar-refractivity contribution in [1.29, 1.82) is 0 Å². The van der Waals surface area contributed by atoms with Crippen LogP contribution in [-0.2, 0) is 4.79 Å². The second-order valence-electron chi connectivity index (χ2n) is 5.90. The summed E-state index contributed by atoms with van der Waals surface area (Å²) in [6.45, 7) is 0. The van der Waals surface area contributed by atoms with Crippen molar-refractivity contribution in [3.63, 3.8) is 0 Å². The van der Waals surface area contributed by atoms with Gasteiger partial charge in [-0.2, -0.15) is 0 Å². The van der Waals surface area contributed by atoms with Crippen molar-refractivity contribution in [2.45, 2.75) is 31.7 Å². The van der Waals surface area contributed by atoms with Gasteiger partial charge >= 0.3 is 5.97 Å². The number of carboxylic acids is 1. The molecule has 0 radical (unpaired) electrons. The second kappa shape index (κ2) is 6.82. The Hall–Kier alpha value is -2.70. The highest BCUT2D eigenvalue weighted by atomic mass is 19.1. The first kappa shape index (κ1) is 16.2. The highest BCUT2D eigenvalue weighted by molar-refractivity contribution is 5.97. The number of nitrogens with zero attached hydrogens (tertiary/aromatic N) is 1. The van der Waals surface area contributed by atoms with Crippen LogP contribution >= 0.6 is 0 Å². The first-order valence-corrected chi connectivity index (χ1v) is 7.77. The number of nitrogens with one attached hydrogen (secondary N) is 1. The molecule has 0 saturated heterocycles. The Balaban J connectivity index is 1.67. The smallest absolute Gasteiger partial charge is 0.306 e. The molecule has 126 valence electrons. The first-order valence-electron chi connectivity index (χ1n) is 7.77. The number of halogens is 1. The number of amides is 1. The highest BCUT2D eigenvalue weighted by Crippen LogP contribution is 2.26. The lowest BCUT2D eigenvalue weighted by Crippen LogP contribution is -2.39. The molecule has 3 rings (SSSR count). The molecule has 2 aromatic rings. The number of hydrogen-bond donors (Lipinski definition) is 2. The van der Waals surface area contributed by atoms with Gasteiger partial charge in [-0.15, -0.1) is 0 Å². The molecule has 24 heavy (non-hydrogen) atoms. The summed E-state index contributed by atoms with van der Waals surface area (Å²) in [6, 6.07) is 5.53. The number of oxazole rings is 1. The molecular weight excluding hydrogens is 315 g/mol. The van der Waals surface area contributed by atoms with Crippen molar-refractivity contribution in [2.75, 3.05) is 0 Å². The lowest BCUT2D eigenvalue weighted by atomic mass is 9.86. The molecular formula is C17H17FN2O4. The van der Waals surface area contributed by atoms with E-state index in [0.717, 1.165) is 0 Å². The third-order valence-electron chi connectivity index (χ3n) is 4.30. The molecule has 1 aliphatic carbocycles. The predicted molar refractivity (Wildman–Crippen MR) is 82.7 cm³/mol. The Bertz CT molecular complexity index is 733. The summed E-state index contributed by atoms with van der Waals surface area (Å²) in [7, 11) is 0. The molecule has 1 heterocycles. The van der Waals surface area contributed by atoms with Gasteiger partial charge in [0.25, 0.3) is 5.91 Å². The average Bonchev–Trinajstić information content (AvgIpc) is 3.06. The predicted octanol–water partition coefficient (Wildman–Crippen LogP) is 2.85. The van der Waals surface area contributed by atoms with Gasteiger partial charge in [0.05, 0.1) is 5.92 Å².